The van der Waals surface area contributed by atoms with Crippen LogP contribution in [0.3, 0.4) is 0 Å². The Morgan fingerprint density at radius 2 is 2.22 bits per heavy atom. The molecule has 1 heterocycles. The molecule has 0 aliphatic carbocycles. The highest BCUT2D eigenvalue weighted by Crippen LogP contribution is 2.07. The molecule has 0 aromatic carbocycles. The second-order valence-electron chi connectivity index (χ2n) is 5.49. The number of hydrogen-bond acceptors (Lipinski definition) is 3. The molecular weight excluding hydrogens is 230 g/mol. The van der Waals surface area contributed by atoms with Crippen molar-refractivity contribution in [1.82, 2.24) is 5.32 Å². The van der Waals surface area contributed by atoms with Crippen molar-refractivity contribution in [1.29, 1.82) is 0 Å². The molecule has 1 rings (SSSR count). The molecule has 102 valence electrons. The molecule has 0 aliphatic rings. The Kier molecular flexibility index (Phi) is 5.41. The van der Waals surface area contributed by atoms with Gasteiger partial charge in [-0.2, -0.15) is 0 Å². The van der Waals surface area contributed by atoms with Crippen molar-refractivity contribution in [2.45, 2.75) is 52.2 Å². The topological polar surface area (TPSA) is 51.5 Å². The van der Waals surface area contributed by atoms with Crippen molar-refractivity contribution in [3.05, 3.63) is 24.2 Å². The molecule has 1 aromatic heterocycles. The van der Waals surface area contributed by atoms with E-state index in [-0.39, 0.29) is 24.2 Å². The fourth-order valence-electron chi connectivity index (χ4n) is 1.48. The highest BCUT2D eigenvalue weighted by atomic mass is 16.5. The predicted molar refractivity (Wildman–Crippen MR) is 70.3 cm³/mol. The molecule has 0 bridgehead atoms. The lowest BCUT2D eigenvalue weighted by molar-refractivity contribution is -0.131. The van der Waals surface area contributed by atoms with Crippen LogP contribution < -0.4 is 5.32 Å². The molecule has 1 amide bonds. The molecule has 0 aliphatic heterocycles. The van der Waals surface area contributed by atoms with Crippen LogP contribution in [-0.2, 0) is 16.0 Å². The minimum absolute atomic E-state index is 0.0723. The molecule has 0 fully saturated rings. The average molecular weight is 253 g/mol. The molecular formula is C14H23NO3. The number of amides is 1. The van der Waals surface area contributed by atoms with Crippen LogP contribution >= 0.6 is 0 Å². The molecule has 0 spiro atoms. The first-order chi connectivity index (χ1) is 8.37. The number of carbonyl (C=O) groups is 1. The van der Waals surface area contributed by atoms with Crippen molar-refractivity contribution < 1.29 is 13.9 Å². The van der Waals surface area contributed by atoms with Crippen molar-refractivity contribution in [3.8, 4) is 0 Å². The number of carbonyl (C=O) groups excluding carboxylic acids is 1. The number of rotatable bonds is 6. The summed E-state index contributed by atoms with van der Waals surface area (Å²) >= 11 is 0. The zero-order valence-electron chi connectivity index (χ0n) is 11.7. The SMILES string of the molecule is CC(CCc1ccco1)NC(=O)COC(C)(C)C. The van der Waals surface area contributed by atoms with Gasteiger partial charge in [0.2, 0.25) is 5.91 Å². The van der Waals surface area contributed by atoms with Crippen LogP contribution in [0.2, 0.25) is 0 Å². The molecule has 4 heteroatoms. The Bertz CT molecular complexity index is 352. The summed E-state index contributed by atoms with van der Waals surface area (Å²) in [5, 5.41) is 2.91. The summed E-state index contributed by atoms with van der Waals surface area (Å²) in [7, 11) is 0. The third-order valence-electron chi connectivity index (χ3n) is 2.45. The lowest BCUT2D eigenvalue weighted by Gasteiger charge is -2.20. The van der Waals surface area contributed by atoms with E-state index in [2.05, 4.69) is 5.32 Å². The smallest absolute Gasteiger partial charge is 0.246 e. The second-order valence-corrected chi connectivity index (χ2v) is 5.49. The van der Waals surface area contributed by atoms with Gasteiger partial charge in [-0.05, 0) is 46.2 Å². The summed E-state index contributed by atoms with van der Waals surface area (Å²) in [6.45, 7) is 7.88. The monoisotopic (exact) mass is 253 g/mol. The van der Waals surface area contributed by atoms with Gasteiger partial charge in [-0.3, -0.25) is 4.79 Å². The highest BCUT2D eigenvalue weighted by molar-refractivity contribution is 5.77. The number of hydrogen-bond donors (Lipinski definition) is 1. The molecule has 1 N–H and O–H groups in total. The van der Waals surface area contributed by atoms with E-state index in [1.807, 2.05) is 39.8 Å². The predicted octanol–water partition coefficient (Wildman–Crippen LogP) is 2.53. The molecule has 18 heavy (non-hydrogen) atoms. The average Bonchev–Trinajstić information content (AvgIpc) is 2.75. The summed E-state index contributed by atoms with van der Waals surface area (Å²) in [4.78, 5) is 11.6. The summed E-state index contributed by atoms with van der Waals surface area (Å²) in [6.07, 6.45) is 3.35. The first-order valence-electron chi connectivity index (χ1n) is 6.32. The standard InChI is InChI=1S/C14H23NO3/c1-11(7-8-12-6-5-9-17-12)15-13(16)10-18-14(2,3)4/h5-6,9,11H,7-8,10H2,1-4H3,(H,15,16). The molecule has 0 saturated carbocycles. The van der Waals surface area contributed by atoms with Crippen molar-refractivity contribution in [3.63, 3.8) is 0 Å². The van der Waals surface area contributed by atoms with Gasteiger partial charge < -0.3 is 14.5 Å². The first-order valence-corrected chi connectivity index (χ1v) is 6.32. The van der Waals surface area contributed by atoms with E-state index in [9.17, 15) is 4.79 Å². The minimum atomic E-state index is -0.283. The highest BCUT2D eigenvalue weighted by Gasteiger charge is 2.14. The van der Waals surface area contributed by atoms with E-state index in [0.717, 1.165) is 18.6 Å². The van der Waals surface area contributed by atoms with Crippen LogP contribution in [0.1, 0.15) is 39.9 Å². The van der Waals surface area contributed by atoms with E-state index in [0.29, 0.717) is 0 Å². The minimum Gasteiger partial charge on any atom is -0.469 e. The van der Waals surface area contributed by atoms with Crippen molar-refractivity contribution >= 4 is 5.91 Å². The number of nitrogens with one attached hydrogen (secondary N) is 1. The lowest BCUT2D eigenvalue weighted by atomic mass is 10.1. The van der Waals surface area contributed by atoms with Gasteiger partial charge in [0.05, 0.1) is 11.9 Å². The van der Waals surface area contributed by atoms with Crippen molar-refractivity contribution in [2.75, 3.05) is 6.61 Å². The fraction of sp³-hybridized carbons (Fsp3) is 0.643. The summed E-state index contributed by atoms with van der Waals surface area (Å²) in [5.41, 5.74) is -0.283. The van der Waals surface area contributed by atoms with Crippen LogP contribution in [0.4, 0.5) is 0 Å². The normalized spacial score (nSPS) is 13.3. The number of ether oxygens (including phenoxy) is 1. The number of furan rings is 1. The van der Waals surface area contributed by atoms with Crippen LogP contribution in [0.25, 0.3) is 0 Å². The van der Waals surface area contributed by atoms with Crippen LogP contribution in [0.15, 0.2) is 22.8 Å². The summed E-state index contributed by atoms with van der Waals surface area (Å²) in [5.74, 6) is 0.874. The Hall–Kier alpha value is -1.29. The van der Waals surface area contributed by atoms with Crippen LogP contribution in [-0.4, -0.2) is 24.2 Å². The molecule has 1 aromatic rings. The summed E-state index contributed by atoms with van der Waals surface area (Å²) < 4.78 is 10.7. The second kappa shape index (κ2) is 6.59. The largest absolute Gasteiger partial charge is 0.469 e. The quantitative estimate of drug-likeness (QED) is 0.847. The van der Waals surface area contributed by atoms with Gasteiger partial charge in [-0.15, -0.1) is 0 Å². The van der Waals surface area contributed by atoms with Gasteiger partial charge in [-0.25, -0.2) is 0 Å². The van der Waals surface area contributed by atoms with Gasteiger partial charge in [-0.1, -0.05) is 0 Å². The van der Waals surface area contributed by atoms with Crippen LogP contribution in [0, 0.1) is 0 Å². The van der Waals surface area contributed by atoms with Gasteiger partial charge in [0.15, 0.2) is 0 Å². The van der Waals surface area contributed by atoms with Crippen LogP contribution in [0.5, 0.6) is 0 Å². The molecule has 0 radical (unpaired) electrons. The molecule has 1 atom stereocenters. The molecule has 1 unspecified atom stereocenters. The maximum Gasteiger partial charge on any atom is 0.246 e. The maximum absolute atomic E-state index is 11.6. The zero-order chi connectivity index (χ0) is 13.6. The van der Waals surface area contributed by atoms with Gasteiger partial charge in [0, 0.05) is 12.5 Å². The van der Waals surface area contributed by atoms with Gasteiger partial charge in [0.1, 0.15) is 12.4 Å². The summed E-state index contributed by atoms with van der Waals surface area (Å²) in [6, 6.07) is 3.93. The van der Waals surface area contributed by atoms with E-state index in [4.69, 9.17) is 9.15 Å². The van der Waals surface area contributed by atoms with E-state index in [1.165, 1.54) is 0 Å². The fourth-order valence-corrected chi connectivity index (χ4v) is 1.48. The van der Waals surface area contributed by atoms with E-state index >= 15 is 0 Å². The van der Waals surface area contributed by atoms with E-state index < -0.39 is 0 Å². The molecule has 0 saturated heterocycles. The molecule has 4 nitrogen and oxygen atoms in total. The van der Waals surface area contributed by atoms with Gasteiger partial charge in [0.25, 0.3) is 0 Å². The number of aryl methyl sites for hydroxylation is 1. The van der Waals surface area contributed by atoms with Gasteiger partial charge >= 0.3 is 0 Å². The Morgan fingerprint density at radius 1 is 1.50 bits per heavy atom. The Balaban J connectivity index is 2.19. The van der Waals surface area contributed by atoms with E-state index in [1.54, 1.807) is 6.26 Å². The Labute approximate surface area is 109 Å². The third-order valence-corrected chi connectivity index (χ3v) is 2.45. The van der Waals surface area contributed by atoms with Crippen molar-refractivity contribution in [2.24, 2.45) is 0 Å². The maximum atomic E-state index is 11.6. The first kappa shape index (κ1) is 14.8. The Morgan fingerprint density at radius 3 is 2.78 bits per heavy atom. The lowest BCUT2D eigenvalue weighted by Crippen LogP contribution is -2.37. The third kappa shape index (κ3) is 6.45. The zero-order valence-corrected chi connectivity index (χ0v) is 11.7.